The van der Waals surface area contributed by atoms with Gasteiger partial charge < -0.3 is 9.73 Å². The summed E-state index contributed by atoms with van der Waals surface area (Å²) >= 11 is 1.43. The topological polar surface area (TPSA) is 98.4 Å². The molecule has 0 atom stereocenters. The Morgan fingerprint density at radius 3 is 2.74 bits per heavy atom. The smallest absolute Gasteiger partial charge is 0.261 e. The van der Waals surface area contributed by atoms with Crippen molar-refractivity contribution in [2.75, 3.05) is 25.0 Å². The van der Waals surface area contributed by atoms with Crippen molar-refractivity contribution in [1.82, 2.24) is 10.2 Å². The summed E-state index contributed by atoms with van der Waals surface area (Å²) in [5, 5.41) is 16.8. The fourth-order valence-electron chi connectivity index (χ4n) is 3.12. The lowest BCUT2D eigenvalue weighted by Crippen LogP contribution is -2.46. The van der Waals surface area contributed by atoms with Crippen LogP contribution < -0.4 is 10.6 Å². The van der Waals surface area contributed by atoms with Crippen molar-refractivity contribution in [1.29, 1.82) is 5.26 Å². The molecule has 2 aromatic heterocycles. The largest absolute Gasteiger partial charge is 0.444 e. The zero-order valence-corrected chi connectivity index (χ0v) is 16.2. The lowest BCUT2D eigenvalue weighted by atomic mass is 10.0. The molecule has 2 aromatic rings. The van der Waals surface area contributed by atoms with E-state index in [1.54, 1.807) is 13.8 Å². The highest BCUT2D eigenvalue weighted by molar-refractivity contribution is 7.12. The van der Waals surface area contributed by atoms with Crippen LogP contribution in [0, 0.1) is 25.2 Å². The van der Waals surface area contributed by atoms with Crippen molar-refractivity contribution in [3.63, 3.8) is 0 Å². The average molecular weight is 386 g/mol. The van der Waals surface area contributed by atoms with Crippen molar-refractivity contribution in [2.45, 2.75) is 32.7 Å². The third kappa shape index (κ3) is 4.56. The summed E-state index contributed by atoms with van der Waals surface area (Å²) in [6.07, 6.45) is 1.60. The molecule has 0 aliphatic carbocycles. The minimum atomic E-state index is -0.207. The van der Waals surface area contributed by atoms with E-state index in [1.165, 1.54) is 11.3 Å². The number of thiophene rings is 1. The molecule has 8 heteroatoms. The SMILES string of the molecule is Cc1oc(NC(=O)CN2CCC(NC(=O)c3cccs3)CC2)c(C#N)c1C. The Kier molecular flexibility index (Phi) is 5.94. The second kappa shape index (κ2) is 8.37. The number of furan rings is 1. The first-order valence-electron chi connectivity index (χ1n) is 8.84. The molecule has 0 saturated carbocycles. The summed E-state index contributed by atoms with van der Waals surface area (Å²) in [7, 11) is 0. The van der Waals surface area contributed by atoms with Gasteiger partial charge in [0.15, 0.2) is 0 Å². The summed E-state index contributed by atoms with van der Waals surface area (Å²) in [5.41, 5.74) is 1.12. The van der Waals surface area contributed by atoms with Gasteiger partial charge in [0.05, 0.1) is 11.4 Å². The molecule has 2 N–H and O–H groups in total. The fraction of sp³-hybridized carbons (Fsp3) is 0.421. The molecule has 0 bridgehead atoms. The number of anilines is 1. The van der Waals surface area contributed by atoms with Crippen LogP contribution in [0.4, 0.5) is 5.88 Å². The predicted molar refractivity (Wildman–Crippen MR) is 103 cm³/mol. The number of hydrogen-bond donors (Lipinski definition) is 2. The molecular weight excluding hydrogens is 364 g/mol. The lowest BCUT2D eigenvalue weighted by Gasteiger charge is -2.31. The van der Waals surface area contributed by atoms with Crippen molar-refractivity contribution >= 4 is 29.0 Å². The van der Waals surface area contributed by atoms with Crippen LogP contribution in [0.3, 0.4) is 0 Å². The molecule has 1 aliphatic rings. The van der Waals surface area contributed by atoms with Gasteiger partial charge in [-0.05, 0) is 38.1 Å². The van der Waals surface area contributed by atoms with E-state index in [0.29, 0.717) is 16.2 Å². The monoisotopic (exact) mass is 386 g/mol. The van der Waals surface area contributed by atoms with Crippen LogP contribution >= 0.6 is 11.3 Å². The normalized spacial score (nSPS) is 15.3. The third-order valence-electron chi connectivity index (χ3n) is 4.79. The summed E-state index contributed by atoms with van der Waals surface area (Å²) in [5.74, 6) is 0.606. The Hall–Kier alpha value is -2.63. The Morgan fingerprint density at radius 2 is 2.11 bits per heavy atom. The van der Waals surface area contributed by atoms with Gasteiger partial charge in [-0.2, -0.15) is 5.26 Å². The number of amides is 2. The van der Waals surface area contributed by atoms with Gasteiger partial charge in [0.25, 0.3) is 5.91 Å². The molecule has 3 rings (SSSR count). The van der Waals surface area contributed by atoms with Crippen molar-refractivity contribution < 1.29 is 14.0 Å². The summed E-state index contributed by atoms with van der Waals surface area (Å²) in [4.78, 5) is 27.2. The Morgan fingerprint density at radius 1 is 1.37 bits per heavy atom. The van der Waals surface area contributed by atoms with Gasteiger partial charge in [0.1, 0.15) is 17.4 Å². The highest BCUT2D eigenvalue weighted by atomic mass is 32.1. The fourth-order valence-corrected chi connectivity index (χ4v) is 3.75. The molecule has 1 saturated heterocycles. The minimum absolute atomic E-state index is 0.0335. The van der Waals surface area contributed by atoms with Crippen LogP contribution in [0.1, 0.15) is 39.4 Å². The number of nitrogens with zero attached hydrogens (tertiary/aromatic N) is 2. The predicted octanol–water partition coefficient (Wildman–Crippen LogP) is 2.66. The van der Waals surface area contributed by atoms with Gasteiger partial charge in [0, 0.05) is 24.7 Å². The number of piperidine rings is 1. The average Bonchev–Trinajstić information content (AvgIpc) is 3.26. The van der Waals surface area contributed by atoms with Gasteiger partial charge in [-0.3, -0.25) is 19.8 Å². The van der Waals surface area contributed by atoms with E-state index in [4.69, 9.17) is 4.42 Å². The van der Waals surface area contributed by atoms with E-state index in [-0.39, 0.29) is 30.3 Å². The molecule has 3 heterocycles. The number of carbonyl (C=O) groups is 2. The molecule has 142 valence electrons. The van der Waals surface area contributed by atoms with Crippen LogP contribution in [0.2, 0.25) is 0 Å². The van der Waals surface area contributed by atoms with Gasteiger partial charge in [-0.15, -0.1) is 11.3 Å². The lowest BCUT2D eigenvalue weighted by molar-refractivity contribution is -0.117. The van der Waals surface area contributed by atoms with Crippen LogP contribution in [-0.4, -0.2) is 42.4 Å². The molecule has 7 nitrogen and oxygen atoms in total. The van der Waals surface area contributed by atoms with Gasteiger partial charge in [-0.1, -0.05) is 6.07 Å². The van der Waals surface area contributed by atoms with Crippen molar-refractivity contribution in [3.8, 4) is 6.07 Å². The molecule has 0 aromatic carbocycles. The van der Waals surface area contributed by atoms with E-state index in [0.717, 1.165) is 31.5 Å². The maximum Gasteiger partial charge on any atom is 0.261 e. The second-order valence-electron chi connectivity index (χ2n) is 6.65. The number of nitriles is 1. The Bertz CT molecular complexity index is 858. The highest BCUT2D eigenvalue weighted by Gasteiger charge is 2.24. The van der Waals surface area contributed by atoms with E-state index in [2.05, 4.69) is 16.7 Å². The van der Waals surface area contributed by atoms with Gasteiger partial charge in [0.2, 0.25) is 11.8 Å². The van der Waals surface area contributed by atoms with Crippen LogP contribution in [-0.2, 0) is 4.79 Å². The van der Waals surface area contributed by atoms with E-state index < -0.39 is 0 Å². The number of rotatable bonds is 5. The maximum absolute atomic E-state index is 12.3. The van der Waals surface area contributed by atoms with E-state index in [1.807, 2.05) is 22.4 Å². The van der Waals surface area contributed by atoms with Crippen molar-refractivity contribution in [2.24, 2.45) is 0 Å². The Balaban J connectivity index is 1.46. The molecule has 0 radical (unpaired) electrons. The first-order chi connectivity index (χ1) is 13.0. The minimum Gasteiger partial charge on any atom is -0.444 e. The molecule has 0 unspecified atom stereocenters. The standard InChI is InChI=1S/C19H22N4O3S/c1-12-13(2)26-19(15(12)10-20)22-17(24)11-23-7-5-14(6-8-23)21-18(25)16-4-3-9-27-16/h3-4,9,14H,5-8,11H2,1-2H3,(H,21,25)(H,22,24). The number of carbonyl (C=O) groups excluding carboxylic acids is 2. The third-order valence-corrected chi connectivity index (χ3v) is 5.65. The molecule has 1 fully saturated rings. The van der Waals surface area contributed by atoms with Crippen LogP contribution in [0.15, 0.2) is 21.9 Å². The highest BCUT2D eigenvalue weighted by Crippen LogP contribution is 2.25. The Labute approximate surface area is 162 Å². The molecule has 1 aliphatic heterocycles. The maximum atomic E-state index is 12.3. The first kappa shape index (κ1) is 19.1. The number of likely N-dealkylation sites (tertiary alicyclic amines) is 1. The van der Waals surface area contributed by atoms with Crippen LogP contribution in [0.25, 0.3) is 0 Å². The van der Waals surface area contributed by atoms with Crippen LogP contribution in [0.5, 0.6) is 0 Å². The van der Waals surface area contributed by atoms with E-state index >= 15 is 0 Å². The van der Waals surface area contributed by atoms with E-state index in [9.17, 15) is 14.9 Å². The molecule has 0 spiro atoms. The van der Waals surface area contributed by atoms with Gasteiger partial charge >= 0.3 is 0 Å². The molecule has 27 heavy (non-hydrogen) atoms. The summed E-state index contributed by atoms with van der Waals surface area (Å²) < 4.78 is 5.47. The zero-order valence-electron chi connectivity index (χ0n) is 15.4. The van der Waals surface area contributed by atoms with Gasteiger partial charge in [-0.25, -0.2) is 0 Å². The molecule has 2 amide bonds. The molecular formula is C19H22N4O3S. The van der Waals surface area contributed by atoms with Crippen molar-refractivity contribution in [3.05, 3.63) is 39.3 Å². The number of hydrogen-bond acceptors (Lipinski definition) is 6. The summed E-state index contributed by atoms with van der Waals surface area (Å²) in [6, 6.07) is 5.87. The number of aryl methyl sites for hydroxylation is 1. The first-order valence-corrected chi connectivity index (χ1v) is 9.72. The number of nitrogens with one attached hydrogen (secondary N) is 2. The second-order valence-corrected chi connectivity index (χ2v) is 7.60. The quantitative estimate of drug-likeness (QED) is 0.823. The zero-order chi connectivity index (χ0) is 19.4. The summed E-state index contributed by atoms with van der Waals surface area (Å²) in [6.45, 7) is 5.24.